The lowest BCUT2D eigenvalue weighted by atomic mass is 9.89. The molecule has 0 fully saturated rings. The number of amides is 1. The van der Waals surface area contributed by atoms with Crippen molar-refractivity contribution in [3.63, 3.8) is 0 Å². The van der Waals surface area contributed by atoms with Crippen LogP contribution in [-0.4, -0.2) is 44.5 Å². The van der Waals surface area contributed by atoms with Crippen LogP contribution in [0.25, 0.3) is 33.5 Å². The van der Waals surface area contributed by atoms with E-state index in [-0.39, 0.29) is 11.4 Å². The zero-order chi connectivity index (χ0) is 25.7. The highest BCUT2D eigenvalue weighted by Crippen LogP contribution is 2.47. The van der Waals surface area contributed by atoms with Crippen molar-refractivity contribution in [2.45, 2.75) is 52.1 Å². The molecule has 6 nitrogen and oxygen atoms in total. The summed E-state index contributed by atoms with van der Waals surface area (Å²) >= 11 is 0. The molecule has 0 saturated heterocycles. The fraction of sp³-hybridized carbons (Fsp3) is 0.323. The number of ether oxygens (including phenoxy) is 1. The van der Waals surface area contributed by atoms with E-state index < -0.39 is 0 Å². The Hall–Kier alpha value is -3.93. The van der Waals surface area contributed by atoms with Crippen molar-refractivity contribution in [3.8, 4) is 39.3 Å². The second-order valence-corrected chi connectivity index (χ2v) is 10.9. The van der Waals surface area contributed by atoms with Crippen LogP contribution in [0.4, 0.5) is 0 Å². The number of pyridine rings is 2. The monoisotopic (exact) mass is 492 g/mol. The Labute approximate surface area is 217 Å². The zero-order valence-electron chi connectivity index (χ0n) is 21.9. The molecule has 2 aliphatic rings. The molecular weight excluding hydrogens is 460 g/mol. The average Bonchev–Trinajstić information content (AvgIpc) is 3.14. The Balaban J connectivity index is 1.66. The molecule has 6 heteroatoms. The third-order valence-electron chi connectivity index (χ3n) is 7.64. The Bertz CT molecular complexity index is 1480. The largest absolute Gasteiger partial charge is 0.496 e. The number of fused-ring (bicyclic) bond motifs is 5. The molecule has 3 aromatic heterocycles. The van der Waals surface area contributed by atoms with Gasteiger partial charge in [-0.05, 0) is 75.4 Å². The molecule has 0 atom stereocenters. The number of aryl methyl sites for hydroxylation is 1. The molecule has 37 heavy (non-hydrogen) atoms. The summed E-state index contributed by atoms with van der Waals surface area (Å²) in [6, 6.07) is 12.5. The molecule has 0 radical (unpaired) electrons. The number of benzene rings is 1. The topological polar surface area (TPSA) is 60.3 Å². The normalized spacial score (nSPS) is 15.0. The van der Waals surface area contributed by atoms with Crippen LogP contribution in [-0.2, 0) is 19.4 Å². The van der Waals surface area contributed by atoms with Gasteiger partial charge in [-0.2, -0.15) is 0 Å². The van der Waals surface area contributed by atoms with Crippen LogP contribution in [0.5, 0.6) is 5.75 Å². The first kappa shape index (κ1) is 23.5. The van der Waals surface area contributed by atoms with Gasteiger partial charge in [0.05, 0.1) is 12.8 Å². The number of hydrogen-bond acceptors (Lipinski definition) is 4. The first-order valence-corrected chi connectivity index (χ1v) is 13.0. The van der Waals surface area contributed by atoms with E-state index in [1.807, 2.05) is 29.4 Å². The van der Waals surface area contributed by atoms with Crippen molar-refractivity contribution < 1.29 is 9.53 Å². The molecule has 0 unspecified atom stereocenters. The van der Waals surface area contributed by atoms with Crippen molar-refractivity contribution in [3.05, 3.63) is 78.0 Å². The second-order valence-electron chi connectivity index (χ2n) is 10.9. The number of carbonyl (C=O) groups excluding carboxylic acids is 1. The third-order valence-corrected chi connectivity index (χ3v) is 7.64. The predicted molar refractivity (Wildman–Crippen MR) is 146 cm³/mol. The number of methoxy groups -OCH3 is 1. The Kier molecular flexibility index (Phi) is 5.63. The zero-order valence-corrected chi connectivity index (χ0v) is 21.9. The van der Waals surface area contributed by atoms with Gasteiger partial charge in [-0.15, -0.1) is 0 Å². The van der Waals surface area contributed by atoms with Gasteiger partial charge in [-0.1, -0.05) is 12.1 Å². The minimum atomic E-state index is -0.245. The fourth-order valence-electron chi connectivity index (χ4n) is 5.97. The average molecular weight is 493 g/mol. The number of rotatable bonds is 3. The molecule has 1 aromatic carbocycles. The van der Waals surface area contributed by atoms with E-state index in [0.717, 1.165) is 82.9 Å². The molecule has 0 N–H and O–H groups in total. The Morgan fingerprint density at radius 2 is 1.62 bits per heavy atom. The highest BCUT2D eigenvalue weighted by Gasteiger charge is 2.38. The highest BCUT2D eigenvalue weighted by molar-refractivity contribution is 6.02. The molecule has 0 aliphatic carbocycles. The van der Waals surface area contributed by atoms with E-state index in [9.17, 15) is 4.79 Å². The van der Waals surface area contributed by atoms with Gasteiger partial charge in [-0.25, -0.2) is 0 Å². The van der Waals surface area contributed by atoms with E-state index in [1.165, 1.54) is 5.56 Å². The SMILES string of the molecule is COc1cc2c(cc1-c1cccnc1)-c1c(-c3cccnc3)c3c(n1CC2)C(=O)N(C(C)(C)C)CCC3. The van der Waals surface area contributed by atoms with Crippen LogP contribution >= 0.6 is 0 Å². The minimum Gasteiger partial charge on any atom is -0.496 e. The van der Waals surface area contributed by atoms with Crippen LogP contribution in [0.1, 0.15) is 48.8 Å². The van der Waals surface area contributed by atoms with Gasteiger partial charge in [0.15, 0.2) is 0 Å². The Morgan fingerprint density at radius 1 is 0.892 bits per heavy atom. The van der Waals surface area contributed by atoms with Gasteiger partial charge >= 0.3 is 0 Å². The van der Waals surface area contributed by atoms with Gasteiger partial charge < -0.3 is 14.2 Å². The van der Waals surface area contributed by atoms with Gasteiger partial charge in [-0.3, -0.25) is 14.8 Å². The van der Waals surface area contributed by atoms with Crippen molar-refractivity contribution in [1.29, 1.82) is 0 Å². The molecule has 0 saturated carbocycles. The van der Waals surface area contributed by atoms with Gasteiger partial charge in [0.25, 0.3) is 5.91 Å². The van der Waals surface area contributed by atoms with Crippen LogP contribution in [0.2, 0.25) is 0 Å². The molecule has 2 aliphatic heterocycles. The van der Waals surface area contributed by atoms with E-state index >= 15 is 0 Å². The molecule has 6 rings (SSSR count). The quantitative estimate of drug-likeness (QED) is 0.350. The van der Waals surface area contributed by atoms with Crippen molar-refractivity contribution in [2.75, 3.05) is 13.7 Å². The second kappa shape index (κ2) is 8.87. The number of carbonyl (C=O) groups is 1. The first-order chi connectivity index (χ1) is 17.9. The minimum absolute atomic E-state index is 0.126. The summed E-state index contributed by atoms with van der Waals surface area (Å²) in [5.41, 5.74) is 9.41. The molecule has 0 bridgehead atoms. The van der Waals surface area contributed by atoms with Crippen molar-refractivity contribution in [1.82, 2.24) is 19.4 Å². The van der Waals surface area contributed by atoms with Crippen LogP contribution in [0.15, 0.2) is 61.2 Å². The lowest BCUT2D eigenvalue weighted by molar-refractivity contribution is 0.0579. The number of nitrogens with zero attached hydrogens (tertiary/aromatic N) is 4. The van der Waals surface area contributed by atoms with Crippen molar-refractivity contribution in [2.24, 2.45) is 0 Å². The number of hydrogen-bond donors (Lipinski definition) is 0. The lowest BCUT2D eigenvalue weighted by Crippen LogP contribution is -2.46. The summed E-state index contributed by atoms with van der Waals surface area (Å²) in [6.07, 6.45) is 10.0. The van der Waals surface area contributed by atoms with Crippen molar-refractivity contribution >= 4 is 5.91 Å². The van der Waals surface area contributed by atoms with E-state index in [0.29, 0.717) is 0 Å². The maximum atomic E-state index is 14.2. The summed E-state index contributed by atoms with van der Waals surface area (Å²) in [5, 5.41) is 0. The van der Waals surface area contributed by atoms with Crippen LogP contribution in [0, 0.1) is 0 Å². The van der Waals surface area contributed by atoms with E-state index in [2.05, 4.69) is 59.6 Å². The number of aromatic nitrogens is 3. The van der Waals surface area contributed by atoms with Gasteiger partial charge in [0.2, 0.25) is 0 Å². The van der Waals surface area contributed by atoms with E-state index in [4.69, 9.17) is 4.74 Å². The van der Waals surface area contributed by atoms with Crippen LogP contribution in [0.3, 0.4) is 0 Å². The summed E-state index contributed by atoms with van der Waals surface area (Å²) in [7, 11) is 1.72. The Morgan fingerprint density at radius 3 is 2.27 bits per heavy atom. The summed E-state index contributed by atoms with van der Waals surface area (Å²) in [5.74, 6) is 0.965. The molecule has 0 spiro atoms. The predicted octanol–water partition coefficient (Wildman–Crippen LogP) is 6.03. The highest BCUT2D eigenvalue weighted by atomic mass is 16.5. The third kappa shape index (κ3) is 3.82. The lowest BCUT2D eigenvalue weighted by Gasteiger charge is -2.35. The maximum Gasteiger partial charge on any atom is 0.271 e. The van der Waals surface area contributed by atoms with E-state index in [1.54, 1.807) is 19.5 Å². The first-order valence-electron chi connectivity index (χ1n) is 13.0. The summed E-state index contributed by atoms with van der Waals surface area (Å²) < 4.78 is 8.11. The summed E-state index contributed by atoms with van der Waals surface area (Å²) in [4.78, 5) is 25.0. The molecule has 188 valence electrons. The molecular formula is C31H32N4O2. The van der Waals surface area contributed by atoms with Gasteiger partial charge in [0, 0.05) is 71.2 Å². The smallest absolute Gasteiger partial charge is 0.271 e. The van der Waals surface area contributed by atoms with Gasteiger partial charge in [0.1, 0.15) is 11.4 Å². The molecule has 4 aromatic rings. The fourth-order valence-corrected chi connectivity index (χ4v) is 5.97. The molecule has 1 amide bonds. The molecule has 5 heterocycles. The maximum absolute atomic E-state index is 14.2. The van der Waals surface area contributed by atoms with Crippen LogP contribution < -0.4 is 4.74 Å². The standard InChI is InChI=1S/C31H32N4O2/c1-31(2,3)35-14-7-10-23-27(22-9-6-13-33-19-22)28-25-17-24(21-8-5-12-32-18-21)26(37-4)16-20(25)11-15-34(28)29(23)30(35)36/h5-6,8-9,12-13,16-19H,7,10-11,14-15H2,1-4H3. The summed E-state index contributed by atoms with van der Waals surface area (Å²) in [6.45, 7) is 7.89.